The van der Waals surface area contributed by atoms with Gasteiger partial charge in [-0.2, -0.15) is 0 Å². The van der Waals surface area contributed by atoms with Crippen LogP contribution in [0.1, 0.15) is 18.1 Å². The van der Waals surface area contributed by atoms with Gasteiger partial charge in [-0.15, -0.1) is 5.10 Å². The van der Waals surface area contributed by atoms with Crippen LogP contribution in [0.25, 0.3) is 11.5 Å². The Labute approximate surface area is 182 Å². The fraction of sp³-hybridized carbons (Fsp3) is 0.174. The first-order chi connectivity index (χ1) is 15.5. The summed E-state index contributed by atoms with van der Waals surface area (Å²) in [5.41, 5.74) is 1.63. The summed E-state index contributed by atoms with van der Waals surface area (Å²) in [6.07, 6.45) is 4.77. The quantitative estimate of drug-likeness (QED) is 0.377. The Hall–Kier alpha value is -3.88. The van der Waals surface area contributed by atoms with E-state index in [2.05, 4.69) is 25.8 Å². The molecule has 0 atom stereocenters. The van der Waals surface area contributed by atoms with E-state index < -0.39 is 17.5 Å². The summed E-state index contributed by atoms with van der Waals surface area (Å²) in [5, 5.41) is 13.4. The normalized spacial score (nSPS) is 10.9. The largest absolute Gasteiger partial charge is 0.403 e. The number of rotatable bonds is 8. The highest BCUT2D eigenvalue weighted by Crippen LogP contribution is 2.34. The number of aryl methyl sites for hydroxylation is 1. The van der Waals surface area contributed by atoms with Crippen molar-refractivity contribution in [3.05, 3.63) is 83.4 Å². The molecule has 0 radical (unpaired) electrons. The van der Waals surface area contributed by atoms with E-state index in [4.69, 9.17) is 4.42 Å². The number of hydrogen-bond donors (Lipinski definition) is 2. The number of hydrogen-bond acceptors (Lipinski definition) is 6. The SMILES string of the molecule is CCc1ccc(Nc2c(-c3nnc(NCCc4cccnc4)o3)ccc(F)c2F)c(F)c1. The number of nitrogens with zero attached hydrogens (tertiary/aromatic N) is 3. The zero-order valence-corrected chi connectivity index (χ0v) is 17.2. The summed E-state index contributed by atoms with van der Waals surface area (Å²) in [5.74, 6) is -2.88. The molecule has 0 fully saturated rings. The minimum atomic E-state index is -1.18. The fourth-order valence-electron chi connectivity index (χ4n) is 3.13. The van der Waals surface area contributed by atoms with Gasteiger partial charge < -0.3 is 15.1 Å². The zero-order chi connectivity index (χ0) is 22.5. The van der Waals surface area contributed by atoms with Crippen molar-refractivity contribution in [3.8, 4) is 11.5 Å². The summed E-state index contributed by atoms with van der Waals surface area (Å²) in [7, 11) is 0. The first-order valence-electron chi connectivity index (χ1n) is 10.0. The average Bonchev–Trinajstić information content (AvgIpc) is 3.27. The highest BCUT2D eigenvalue weighted by Gasteiger charge is 2.20. The van der Waals surface area contributed by atoms with Gasteiger partial charge >= 0.3 is 6.01 Å². The van der Waals surface area contributed by atoms with Gasteiger partial charge in [0.15, 0.2) is 11.6 Å². The van der Waals surface area contributed by atoms with Gasteiger partial charge in [0.1, 0.15) is 5.82 Å². The molecule has 0 saturated carbocycles. The van der Waals surface area contributed by atoms with Gasteiger partial charge in [-0.1, -0.05) is 24.2 Å². The molecule has 0 aliphatic heterocycles. The Bertz CT molecular complexity index is 1210. The van der Waals surface area contributed by atoms with Gasteiger partial charge in [0.25, 0.3) is 5.89 Å². The summed E-state index contributed by atoms with van der Waals surface area (Å²) in [6.45, 7) is 2.40. The van der Waals surface area contributed by atoms with Gasteiger partial charge in [-0.05, 0) is 54.3 Å². The molecular formula is C23H20F3N5O. The molecule has 0 aliphatic rings. The van der Waals surface area contributed by atoms with E-state index in [1.54, 1.807) is 18.5 Å². The van der Waals surface area contributed by atoms with Crippen molar-refractivity contribution in [3.63, 3.8) is 0 Å². The zero-order valence-electron chi connectivity index (χ0n) is 17.2. The monoisotopic (exact) mass is 439 g/mol. The van der Waals surface area contributed by atoms with Crippen LogP contribution < -0.4 is 10.6 Å². The molecule has 164 valence electrons. The smallest absolute Gasteiger partial charge is 0.315 e. The number of nitrogens with one attached hydrogen (secondary N) is 2. The molecule has 0 saturated heterocycles. The van der Waals surface area contributed by atoms with Crippen LogP contribution in [0.15, 0.2) is 59.3 Å². The Morgan fingerprint density at radius 1 is 0.969 bits per heavy atom. The van der Waals surface area contributed by atoms with Crippen molar-refractivity contribution in [1.29, 1.82) is 0 Å². The fourth-order valence-corrected chi connectivity index (χ4v) is 3.13. The Balaban J connectivity index is 1.56. The molecule has 0 aliphatic carbocycles. The van der Waals surface area contributed by atoms with Crippen molar-refractivity contribution < 1.29 is 17.6 Å². The molecule has 2 heterocycles. The van der Waals surface area contributed by atoms with Crippen molar-refractivity contribution >= 4 is 17.4 Å². The number of anilines is 3. The van der Waals surface area contributed by atoms with Gasteiger partial charge in [-0.25, -0.2) is 13.2 Å². The van der Waals surface area contributed by atoms with E-state index in [1.165, 1.54) is 18.2 Å². The second-order valence-corrected chi connectivity index (χ2v) is 7.03. The van der Waals surface area contributed by atoms with Crippen LogP contribution in [-0.4, -0.2) is 21.7 Å². The molecule has 9 heteroatoms. The third-order valence-electron chi connectivity index (χ3n) is 4.86. The summed E-state index contributed by atoms with van der Waals surface area (Å²) < 4.78 is 48.6. The molecule has 4 aromatic rings. The topological polar surface area (TPSA) is 75.9 Å². The van der Waals surface area contributed by atoms with Crippen LogP contribution in [0.5, 0.6) is 0 Å². The maximum atomic E-state index is 14.6. The van der Waals surface area contributed by atoms with E-state index in [0.717, 1.165) is 17.2 Å². The van der Waals surface area contributed by atoms with E-state index in [9.17, 15) is 13.2 Å². The van der Waals surface area contributed by atoms with E-state index in [1.807, 2.05) is 19.1 Å². The number of halogens is 3. The molecular weight excluding hydrogens is 419 g/mol. The highest BCUT2D eigenvalue weighted by atomic mass is 19.2. The Kier molecular flexibility index (Phi) is 6.34. The number of aromatic nitrogens is 3. The second kappa shape index (κ2) is 9.51. The average molecular weight is 439 g/mol. The second-order valence-electron chi connectivity index (χ2n) is 7.03. The predicted molar refractivity (Wildman–Crippen MR) is 115 cm³/mol. The van der Waals surface area contributed by atoms with Crippen LogP contribution >= 0.6 is 0 Å². The van der Waals surface area contributed by atoms with Crippen molar-refractivity contribution in [2.45, 2.75) is 19.8 Å². The molecule has 32 heavy (non-hydrogen) atoms. The highest BCUT2D eigenvalue weighted by molar-refractivity contribution is 5.78. The van der Waals surface area contributed by atoms with Crippen LogP contribution in [0.2, 0.25) is 0 Å². The Morgan fingerprint density at radius 2 is 1.84 bits per heavy atom. The van der Waals surface area contributed by atoms with Gasteiger partial charge in [0, 0.05) is 18.9 Å². The van der Waals surface area contributed by atoms with Gasteiger partial charge in [0.05, 0.1) is 16.9 Å². The third kappa shape index (κ3) is 4.72. The lowest BCUT2D eigenvalue weighted by molar-refractivity contribution is 0.511. The molecule has 4 rings (SSSR count). The Morgan fingerprint density at radius 3 is 2.59 bits per heavy atom. The lowest BCUT2D eigenvalue weighted by Crippen LogP contribution is -2.05. The molecule has 0 amide bonds. The third-order valence-corrected chi connectivity index (χ3v) is 4.86. The molecule has 0 unspecified atom stereocenters. The summed E-state index contributed by atoms with van der Waals surface area (Å²) in [4.78, 5) is 4.05. The van der Waals surface area contributed by atoms with Crippen molar-refractivity contribution in [1.82, 2.24) is 15.2 Å². The van der Waals surface area contributed by atoms with Crippen LogP contribution in [0.3, 0.4) is 0 Å². The van der Waals surface area contributed by atoms with E-state index >= 15 is 0 Å². The summed E-state index contributed by atoms with van der Waals surface area (Å²) >= 11 is 0. The van der Waals surface area contributed by atoms with Gasteiger partial charge in [0.2, 0.25) is 0 Å². The lowest BCUT2D eigenvalue weighted by Gasteiger charge is -2.13. The predicted octanol–water partition coefficient (Wildman–Crippen LogP) is 5.51. The first kappa shape index (κ1) is 21.4. The van der Waals surface area contributed by atoms with Crippen LogP contribution in [0, 0.1) is 17.5 Å². The summed E-state index contributed by atoms with van der Waals surface area (Å²) in [6, 6.07) is 10.7. The molecule has 2 N–H and O–H groups in total. The van der Waals surface area contributed by atoms with Crippen molar-refractivity contribution in [2.24, 2.45) is 0 Å². The number of benzene rings is 2. The van der Waals surface area contributed by atoms with Gasteiger partial charge in [-0.3, -0.25) is 4.98 Å². The maximum absolute atomic E-state index is 14.6. The molecule has 2 aromatic heterocycles. The van der Waals surface area contributed by atoms with E-state index in [-0.39, 0.29) is 28.8 Å². The van der Waals surface area contributed by atoms with Crippen LogP contribution in [0.4, 0.5) is 30.6 Å². The van der Waals surface area contributed by atoms with Crippen molar-refractivity contribution in [2.75, 3.05) is 17.2 Å². The first-order valence-corrected chi connectivity index (χ1v) is 10.0. The molecule has 0 bridgehead atoms. The minimum absolute atomic E-state index is 0.00212. The maximum Gasteiger partial charge on any atom is 0.315 e. The number of pyridine rings is 1. The van der Waals surface area contributed by atoms with Crippen LogP contribution in [-0.2, 0) is 12.8 Å². The standard InChI is InChI=1S/C23H20F3N5O/c1-2-14-5-8-19(18(25)12-14)29-21-16(6-7-17(24)20(21)26)22-30-31-23(32-22)28-11-9-15-4-3-10-27-13-15/h3-8,10,12-13,29H,2,9,11H2,1H3,(H,28,31). The molecule has 6 nitrogen and oxygen atoms in total. The van der Waals surface area contributed by atoms with E-state index in [0.29, 0.717) is 19.4 Å². The minimum Gasteiger partial charge on any atom is -0.403 e. The molecule has 2 aromatic carbocycles. The molecule has 0 spiro atoms. The lowest BCUT2D eigenvalue weighted by atomic mass is 10.1.